The van der Waals surface area contributed by atoms with Gasteiger partial charge in [-0.25, -0.2) is 0 Å². The summed E-state index contributed by atoms with van der Waals surface area (Å²) in [6.45, 7) is 5.57. The van der Waals surface area contributed by atoms with Crippen LogP contribution in [0.5, 0.6) is 0 Å². The summed E-state index contributed by atoms with van der Waals surface area (Å²) < 4.78 is 4.24. The molecule has 0 radical (unpaired) electrons. The first-order valence-corrected chi connectivity index (χ1v) is 7.00. The van der Waals surface area contributed by atoms with Crippen molar-refractivity contribution in [2.45, 2.75) is 33.0 Å². The zero-order chi connectivity index (χ0) is 14.1. The Hall–Kier alpha value is -2.07. The van der Waals surface area contributed by atoms with Crippen molar-refractivity contribution < 1.29 is 0 Å². The Labute approximate surface area is 118 Å². The third-order valence-corrected chi connectivity index (χ3v) is 3.62. The van der Waals surface area contributed by atoms with Crippen molar-refractivity contribution in [3.05, 3.63) is 54.0 Å². The van der Waals surface area contributed by atoms with E-state index in [4.69, 9.17) is 5.73 Å². The SMILES string of the molecule is CC(C)n1ccc(Cn2c(CN)cc3ccccc32)n1. The molecule has 0 aliphatic heterocycles. The van der Waals surface area contributed by atoms with Gasteiger partial charge in [-0.05, 0) is 37.4 Å². The molecule has 2 aromatic heterocycles. The molecule has 104 valence electrons. The summed E-state index contributed by atoms with van der Waals surface area (Å²) in [5.41, 5.74) is 9.30. The molecule has 0 aliphatic rings. The van der Waals surface area contributed by atoms with Crippen LogP contribution in [0.2, 0.25) is 0 Å². The van der Waals surface area contributed by atoms with Crippen molar-refractivity contribution in [2.75, 3.05) is 0 Å². The highest BCUT2D eigenvalue weighted by atomic mass is 15.3. The summed E-state index contributed by atoms with van der Waals surface area (Å²) in [4.78, 5) is 0. The van der Waals surface area contributed by atoms with E-state index in [1.54, 1.807) is 0 Å². The van der Waals surface area contributed by atoms with E-state index in [0.29, 0.717) is 12.6 Å². The maximum Gasteiger partial charge on any atom is 0.0822 e. The molecule has 0 atom stereocenters. The van der Waals surface area contributed by atoms with E-state index >= 15 is 0 Å². The van der Waals surface area contributed by atoms with Gasteiger partial charge in [-0.2, -0.15) is 5.10 Å². The average molecular weight is 268 g/mol. The molecule has 20 heavy (non-hydrogen) atoms. The highest BCUT2D eigenvalue weighted by Gasteiger charge is 2.09. The smallest absolute Gasteiger partial charge is 0.0822 e. The van der Waals surface area contributed by atoms with Crippen LogP contribution >= 0.6 is 0 Å². The second-order valence-electron chi connectivity index (χ2n) is 5.37. The first-order chi connectivity index (χ1) is 9.69. The molecule has 2 N–H and O–H groups in total. The molecule has 0 aliphatic carbocycles. The van der Waals surface area contributed by atoms with Gasteiger partial charge in [0.25, 0.3) is 0 Å². The van der Waals surface area contributed by atoms with E-state index < -0.39 is 0 Å². The Balaban J connectivity index is 2.00. The molecular formula is C16H20N4. The van der Waals surface area contributed by atoms with E-state index in [0.717, 1.165) is 17.9 Å². The van der Waals surface area contributed by atoms with Crippen LogP contribution in [-0.2, 0) is 13.1 Å². The van der Waals surface area contributed by atoms with Gasteiger partial charge < -0.3 is 10.3 Å². The van der Waals surface area contributed by atoms with E-state index in [-0.39, 0.29) is 0 Å². The third-order valence-electron chi connectivity index (χ3n) is 3.62. The number of nitrogens with zero attached hydrogens (tertiary/aromatic N) is 3. The monoisotopic (exact) mass is 268 g/mol. The summed E-state index contributed by atoms with van der Waals surface area (Å²) in [5.74, 6) is 0. The van der Waals surface area contributed by atoms with Crippen molar-refractivity contribution in [2.24, 2.45) is 5.73 Å². The molecule has 2 heterocycles. The Kier molecular flexibility index (Phi) is 3.32. The van der Waals surface area contributed by atoms with Crippen LogP contribution in [0.25, 0.3) is 10.9 Å². The molecular weight excluding hydrogens is 248 g/mol. The van der Waals surface area contributed by atoms with Gasteiger partial charge in [-0.3, -0.25) is 4.68 Å². The van der Waals surface area contributed by atoms with Crippen molar-refractivity contribution in [3.63, 3.8) is 0 Å². The molecule has 0 fully saturated rings. The van der Waals surface area contributed by atoms with Gasteiger partial charge in [-0.15, -0.1) is 0 Å². The van der Waals surface area contributed by atoms with E-state index in [9.17, 15) is 0 Å². The maximum atomic E-state index is 5.88. The standard InChI is InChI=1S/C16H20N4/c1-12(2)20-8-7-14(18-20)11-19-15(10-17)9-13-5-3-4-6-16(13)19/h3-9,12H,10-11,17H2,1-2H3. The van der Waals surface area contributed by atoms with E-state index in [2.05, 4.69) is 59.9 Å². The first kappa shape index (κ1) is 12.9. The second-order valence-corrected chi connectivity index (χ2v) is 5.37. The van der Waals surface area contributed by atoms with Crippen molar-refractivity contribution in [1.29, 1.82) is 0 Å². The minimum Gasteiger partial charge on any atom is -0.337 e. The average Bonchev–Trinajstić information content (AvgIpc) is 3.04. The maximum absolute atomic E-state index is 5.88. The summed E-state index contributed by atoms with van der Waals surface area (Å²) in [7, 11) is 0. The first-order valence-electron chi connectivity index (χ1n) is 7.00. The lowest BCUT2D eigenvalue weighted by Gasteiger charge is -2.08. The zero-order valence-corrected chi connectivity index (χ0v) is 12.0. The lowest BCUT2D eigenvalue weighted by Crippen LogP contribution is -2.09. The van der Waals surface area contributed by atoms with Crippen molar-refractivity contribution in [3.8, 4) is 0 Å². The lowest BCUT2D eigenvalue weighted by molar-refractivity contribution is 0.523. The quantitative estimate of drug-likeness (QED) is 0.791. The number of para-hydroxylation sites is 1. The van der Waals surface area contributed by atoms with Gasteiger partial charge in [0.05, 0.1) is 12.2 Å². The number of fused-ring (bicyclic) bond motifs is 1. The number of benzene rings is 1. The van der Waals surface area contributed by atoms with E-state index in [1.165, 1.54) is 10.9 Å². The minimum atomic E-state index is 0.388. The molecule has 0 amide bonds. The number of aromatic nitrogens is 3. The molecule has 0 bridgehead atoms. The van der Waals surface area contributed by atoms with Gasteiger partial charge in [0.2, 0.25) is 0 Å². The van der Waals surface area contributed by atoms with Crippen LogP contribution in [0, 0.1) is 0 Å². The molecule has 0 saturated heterocycles. The zero-order valence-electron chi connectivity index (χ0n) is 12.0. The predicted molar refractivity (Wildman–Crippen MR) is 81.5 cm³/mol. The van der Waals surface area contributed by atoms with Gasteiger partial charge >= 0.3 is 0 Å². The fourth-order valence-electron chi connectivity index (χ4n) is 2.53. The highest BCUT2D eigenvalue weighted by Crippen LogP contribution is 2.20. The van der Waals surface area contributed by atoms with Crippen LogP contribution < -0.4 is 5.73 Å². The highest BCUT2D eigenvalue weighted by molar-refractivity contribution is 5.81. The fourth-order valence-corrected chi connectivity index (χ4v) is 2.53. The van der Waals surface area contributed by atoms with Crippen LogP contribution in [-0.4, -0.2) is 14.3 Å². The Morgan fingerprint density at radius 2 is 2.00 bits per heavy atom. The van der Waals surface area contributed by atoms with Crippen molar-refractivity contribution in [1.82, 2.24) is 14.3 Å². The molecule has 0 spiro atoms. The minimum absolute atomic E-state index is 0.388. The molecule has 4 heteroatoms. The summed E-state index contributed by atoms with van der Waals surface area (Å²) in [6.07, 6.45) is 2.04. The summed E-state index contributed by atoms with van der Waals surface area (Å²) in [5, 5.41) is 5.85. The van der Waals surface area contributed by atoms with Gasteiger partial charge in [0.1, 0.15) is 0 Å². The Morgan fingerprint density at radius 3 is 2.70 bits per heavy atom. The molecule has 0 saturated carbocycles. The Morgan fingerprint density at radius 1 is 1.20 bits per heavy atom. The second kappa shape index (κ2) is 5.13. The summed E-state index contributed by atoms with van der Waals surface area (Å²) >= 11 is 0. The third kappa shape index (κ3) is 2.23. The Bertz CT molecular complexity index is 721. The number of rotatable bonds is 4. The summed E-state index contributed by atoms with van der Waals surface area (Å²) in [6, 6.07) is 13.0. The molecule has 3 aromatic rings. The number of nitrogens with two attached hydrogens (primary N) is 1. The number of hydrogen-bond acceptors (Lipinski definition) is 2. The van der Waals surface area contributed by atoms with E-state index in [1.807, 2.05) is 10.9 Å². The van der Waals surface area contributed by atoms with Gasteiger partial charge in [0.15, 0.2) is 0 Å². The topological polar surface area (TPSA) is 48.8 Å². The predicted octanol–water partition coefficient (Wildman–Crippen LogP) is 2.93. The molecule has 1 aromatic carbocycles. The fraction of sp³-hybridized carbons (Fsp3) is 0.312. The van der Waals surface area contributed by atoms with Crippen LogP contribution in [0.4, 0.5) is 0 Å². The van der Waals surface area contributed by atoms with Gasteiger partial charge in [-0.1, -0.05) is 18.2 Å². The van der Waals surface area contributed by atoms with Crippen molar-refractivity contribution >= 4 is 10.9 Å². The van der Waals surface area contributed by atoms with Gasteiger partial charge in [0, 0.05) is 30.0 Å². The largest absolute Gasteiger partial charge is 0.337 e. The van der Waals surface area contributed by atoms with Crippen LogP contribution in [0.15, 0.2) is 42.6 Å². The van der Waals surface area contributed by atoms with Crippen LogP contribution in [0.1, 0.15) is 31.3 Å². The lowest BCUT2D eigenvalue weighted by atomic mass is 10.2. The molecule has 0 unspecified atom stereocenters. The number of hydrogen-bond donors (Lipinski definition) is 1. The van der Waals surface area contributed by atoms with Crippen LogP contribution in [0.3, 0.4) is 0 Å². The molecule has 4 nitrogen and oxygen atoms in total. The molecule has 3 rings (SSSR count). The normalized spacial score (nSPS) is 11.6.